The minimum atomic E-state index is -0.563. The molecule has 3 rings (SSSR count). The minimum Gasteiger partial charge on any atom is -0.397 e. The van der Waals surface area contributed by atoms with Crippen molar-refractivity contribution in [3.63, 3.8) is 0 Å². The molecule has 1 fully saturated rings. The number of nitrogens with one attached hydrogen (secondary N) is 2. The Morgan fingerprint density at radius 1 is 1.10 bits per heavy atom. The van der Waals surface area contributed by atoms with E-state index in [4.69, 9.17) is 11.0 Å². The Morgan fingerprint density at radius 3 is 2.26 bits per heavy atom. The van der Waals surface area contributed by atoms with Gasteiger partial charge in [-0.25, -0.2) is 14.6 Å². The van der Waals surface area contributed by atoms with E-state index in [9.17, 15) is 14.0 Å². The van der Waals surface area contributed by atoms with Crippen molar-refractivity contribution in [2.75, 3.05) is 18.8 Å². The van der Waals surface area contributed by atoms with Gasteiger partial charge >= 0.3 is 0 Å². The Labute approximate surface area is 250 Å². The van der Waals surface area contributed by atoms with Crippen LogP contribution in [0.15, 0.2) is 66.5 Å². The lowest BCUT2D eigenvalue weighted by Gasteiger charge is -2.31. The summed E-state index contributed by atoms with van der Waals surface area (Å²) in [7, 11) is 0. The summed E-state index contributed by atoms with van der Waals surface area (Å²) in [4.78, 5) is 32.3. The second kappa shape index (κ2) is 20.1. The molecule has 1 aliphatic rings. The van der Waals surface area contributed by atoms with Crippen molar-refractivity contribution in [1.29, 1.82) is 5.26 Å². The van der Waals surface area contributed by atoms with Crippen LogP contribution in [0.1, 0.15) is 74.7 Å². The number of likely N-dealkylation sites (tertiary alicyclic amines) is 1. The van der Waals surface area contributed by atoms with Gasteiger partial charge in [-0.15, -0.1) is 12.8 Å². The number of allylic oxidation sites excluding steroid dienone is 3. The number of amides is 2. The molecular formula is C33H43FN6O2. The Morgan fingerprint density at radius 2 is 1.71 bits per heavy atom. The minimum absolute atomic E-state index is 0.0400. The normalized spacial score (nSPS) is 12.7. The third-order valence-corrected chi connectivity index (χ3v) is 5.82. The Kier molecular flexibility index (Phi) is 17.7. The maximum Gasteiger partial charge on any atom is 0.276 e. The van der Waals surface area contributed by atoms with Gasteiger partial charge < -0.3 is 21.3 Å². The predicted octanol–water partition coefficient (Wildman–Crippen LogP) is 6.21. The van der Waals surface area contributed by atoms with Crippen molar-refractivity contribution in [1.82, 2.24) is 20.5 Å². The number of nitrogens with zero attached hydrogens (tertiary/aromatic N) is 3. The Balaban J connectivity index is 0.00000263. The van der Waals surface area contributed by atoms with E-state index >= 15 is 0 Å². The summed E-state index contributed by atoms with van der Waals surface area (Å²) >= 11 is 0. The van der Waals surface area contributed by atoms with Crippen LogP contribution in [0.3, 0.4) is 0 Å². The smallest absolute Gasteiger partial charge is 0.276 e. The van der Waals surface area contributed by atoms with Gasteiger partial charge in [0.25, 0.3) is 11.8 Å². The van der Waals surface area contributed by atoms with Crippen LogP contribution in [-0.4, -0.2) is 40.8 Å². The first-order chi connectivity index (χ1) is 20.2. The fourth-order valence-corrected chi connectivity index (χ4v) is 4.07. The van der Waals surface area contributed by atoms with Crippen LogP contribution < -0.4 is 16.4 Å². The molecule has 0 spiro atoms. The molecule has 1 aliphatic heterocycles. The van der Waals surface area contributed by atoms with Gasteiger partial charge in [0.05, 0.1) is 22.8 Å². The molecular weight excluding hydrogens is 531 g/mol. The molecule has 224 valence electrons. The van der Waals surface area contributed by atoms with E-state index in [-0.39, 0.29) is 34.6 Å². The second-order valence-corrected chi connectivity index (χ2v) is 8.96. The first-order valence-corrected chi connectivity index (χ1v) is 13.8. The van der Waals surface area contributed by atoms with E-state index in [1.165, 1.54) is 36.8 Å². The maximum absolute atomic E-state index is 14.7. The predicted molar refractivity (Wildman–Crippen MR) is 169 cm³/mol. The highest BCUT2D eigenvalue weighted by atomic mass is 19.1. The third kappa shape index (κ3) is 10.6. The summed E-state index contributed by atoms with van der Waals surface area (Å²) < 4.78 is 14.7. The van der Waals surface area contributed by atoms with Gasteiger partial charge in [-0.3, -0.25) is 9.59 Å². The van der Waals surface area contributed by atoms with Crippen LogP contribution in [0.2, 0.25) is 0 Å². The van der Waals surface area contributed by atoms with E-state index in [2.05, 4.69) is 46.5 Å². The molecule has 0 radical (unpaired) electrons. The molecule has 0 aliphatic carbocycles. The number of terminal acetylenes is 1. The highest BCUT2D eigenvalue weighted by molar-refractivity contribution is 5.99. The van der Waals surface area contributed by atoms with Crippen molar-refractivity contribution >= 4 is 17.5 Å². The monoisotopic (exact) mass is 574 g/mol. The number of carbonyl (C=O) groups is 2. The van der Waals surface area contributed by atoms with Crippen LogP contribution in [0, 0.1) is 30.5 Å². The molecule has 0 unspecified atom stereocenters. The summed E-state index contributed by atoms with van der Waals surface area (Å²) in [5, 5.41) is 12.2. The highest BCUT2D eigenvalue weighted by Crippen LogP contribution is 2.25. The summed E-state index contributed by atoms with van der Waals surface area (Å²) in [6.45, 7) is 18.8. The number of anilines is 1. The van der Waals surface area contributed by atoms with Crippen LogP contribution in [0.5, 0.6) is 0 Å². The summed E-state index contributed by atoms with van der Waals surface area (Å²) in [6.07, 6.45) is 16.8. The molecule has 2 amide bonds. The van der Waals surface area contributed by atoms with Gasteiger partial charge in [0, 0.05) is 36.8 Å². The molecule has 2 aromatic rings. The number of piperidine rings is 1. The van der Waals surface area contributed by atoms with Crippen molar-refractivity contribution in [3.8, 4) is 30.7 Å². The number of nitriles is 1. The number of nitrogens with two attached hydrogens (primary N) is 1. The number of hydrogen-bond acceptors (Lipinski definition) is 6. The van der Waals surface area contributed by atoms with Crippen molar-refractivity contribution in [2.45, 2.75) is 59.9 Å². The number of rotatable bonds is 8. The number of carbonyl (C=O) groups excluding carboxylic acids is 2. The van der Waals surface area contributed by atoms with E-state index in [0.29, 0.717) is 11.3 Å². The largest absolute Gasteiger partial charge is 0.397 e. The SMILES string of the molecule is C#C.C#N.C=C/C(NC(=O)c1nc(-c2cc(C(=O)NC(C)C)ccc2F)ccc1N)=C(\C=C/C)N1CCCCC1.CC. The number of pyridine rings is 1. The van der Waals surface area contributed by atoms with Crippen molar-refractivity contribution < 1.29 is 14.0 Å². The van der Waals surface area contributed by atoms with Crippen LogP contribution in [0.25, 0.3) is 11.3 Å². The third-order valence-electron chi connectivity index (χ3n) is 5.82. The average molecular weight is 575 g/mol. The lowest BCUT2D eigenvalue weighted by molar-refractivity contribution is 0.0939. The van der Waals surface area contributed by atoms with Gasteiger partial charge in [0.2, 0.25) is 0 Å². The Hall–Kier alpha value is -4.89. The second-order valence-electron chi connectivity index (χ2n) is 8.96. The van der Waals surface area contributed by atoms with Gasteiger partial charge in [0.1, 0.15) is 5.82 Å². The molecule has 8 nitrogen and oxygen atoms in total. The topological polar surface area (TPSA) is 124 Å². The van der Waals surface area contributed by atoms with Crippen LogP contribution in [0.4, 0.5) is 10.1 Å². The number of benzene rings is 1. The number of nitrogen functional groups attached to an aromatic ring is 1. The molecule has 1 aromatic carbocycles. The van der Waals surface area contributed by atoms with Gasteiger partial charge in [-0.05, 0) is 82.5 Å². The summed E-state index contributed by atoms with van der Waals surface area (Å²) in [5.74, 6) is -1.42. The zero-order chi connectivity index (χ0) is 32.2. The zero-order valence-corrected chi connectivity index (χ0v) is 25.3. The maximum atomic E-state index is 14.7. The van der Waals surface area contributed by atoms with Crippen LogP contribution >= 0.6 is 0 Å². The molecule has 0 saturated carbocycles. The van der Waals surface area contributed by atoms with E-state index in [0.717, 1.165) is 31.6 Å². The van der Waals surface area contributed by atoms with Gasteiger partial charge in [0.15, 0.2) is 5.69 Å². The molecule has 0 atom stereocenters. The fraction of sp³-hybridized carbons (Fsp3) is 0.333. The molecule has 42 heavy (non-hydrogen) atoms. The molecule has 1 saturated heterocycles. The summed E-state index contributed by atoms with van der Waals surface area (Å²) in [5.41, 5.74) is 8.20. The molecule has 2 heterocycles. The number of hydrogen-bond donors (Lipinski definition) is 3. The van der Waals surface area contributed by atoms with Crippen molar-refractivity contribution in [2.24, 2.45) is 0 Å². The van der Waals surface area contributed by atoms with E-state index in [1.807, 2.05) is 46.8 Å². The first-order valence-electron chi connectivity index (χ1n) is 13.8. The highest BCUT2D eigenvalue weighted by Gasteiger charge is 2.20. The first kappa shape index (κ1) is 37.1. The zero-order valence-electron chi connectivity index (χ0n) is 25.3. The summed E-state index contributed by atoms with van der Waals surface area (Å²) in [6, 6.07) is 7.00. The standard InChI is InChI=1S/C28H34FN5O2.C2H6.C2H2.CHN/c1-5-10-25(34-15-8-7-9-16-34)23(6-2)33-28(36)26-22(30)13-14-24(32-26)20-17-19(11-12-21(20)29)27(35)31-18(3)4;3*1-2/h5-6,10-14,17-18H,2,7-9,15-16,30H2,1,3-4H3,(H,31,35)(H,33,36);1-2H3;1-2H;1H/b10-5-,25-23-;;;. The van der Waals surface area contributed by atoms with E-state index in [1.54, 1.807) is 6.08 Å². The molecule has 1 aromatic heterocycles. The Bertz CT molecular complexity index is 1280. The van der Waals surface area contributed by atoms with E-state index < -0.39 is 11.7 Å². The quantitative estimate of drug-likeness (QED) is 0.254. The average Bonchev–Trinajstić information content (AvgIpc) is 3.02. The molecule has 9 heteroatoms. The lowest BCUT2D eigenvalue weighted by Crippen LogP contribution is -2.33. The van der Waals surface area contributed by atoms with Gasteiger partial charge in [-0.1, -0.05) is 26.5 Å². The van der Waals surface area contributed by atoms with Crippen LogP contribution in [-0.2, 0) is 0 Å². The molecule has 0 bridgehead atoms. The fourth-order valence-electron chi connectivity index (χ4n) is 4.07. The molecule has 4 N–H and O–H groups in total. The number of aromatic nitrogens is 1. The van der Waals surface area contributed by atoms with Crippen molar-refractivity contribution in [3.05, 3.63) is 83.6 Å². The van der Waals surface area contributed by atoms with Gasteiger partial charge in [-0.2, -0.15) is 0 Å². The number of halogens is 1. The lowest BCUT2D eigenvalue weighted by atomic mass is 10.0.